The molecule has 4 rings (SSSR count). The number of thiophene rings is 1. The number of rotatable bonds is 5. The van der Waals surface area contributed by atoms with Crippen molar-refractivity contribution in [3.8, 4) is 10.6 Å². The quantitative estimate of drug-likeness (QED) is 0.535. The summed E-state index contributed by atoms with van der Waals surface area (Å²) in [6.07, 6.45) is -0.881. The third-order valence-corrected chi connectivity index (χ3v) is 6.63. The minimum atomic E-state index is -4.38. The molecule has 7 heteroatoms. The highest BCUT2D eigenvalue weighted by Gasteiger charge is 2.35. The molecule has 0 aliphatic carbocycles. The lowest BCUT2D eigenvalue weighted by Gasteiger charge is -2.31. The first kappa shape index (κ1) is 20.2. The van der Waals surface area contributed by atoms with Gasteiger partial charge in [-0.05, 0) is 62.0 Å². The van der Waals surface area contributed by atoms with Crippen LogP contribution in [0.25, 0.3) is 10.6 Å². The van der Waals surface area contributed by atoms with Crippen molar-refractivity contribution < 1.29 is 13.2 Å². The minimum absolute atomic E-state index is 0.387. The van der Waals surface area contributed by atoms with Crippen molar-refractivity contribution in [2.45, 2.75) is 32.0 Å². The third-order valence-electron chi connectivity index (χ3n) is 5.54. The first-order valence-corrected chi connectivity index (χ1v) is 10.7. The van der Waals surface area contributed by atoms with E-state index in [4.69, 9.17) is 0 Å². The zero-order valence-electron chi connectivity index (χ0n) is 16.3. The second kappa shape index (κ2) is 8.32. The van der Waals surface area contributed by atoms with E-state index in [0.29, 0.717) is 5.69 Å². The Labute approximate surface area is 172 Å². The van der Waals surface area contributed by atoms with Gasteiger partial charge in [-0.2, -0.15) is 18.3 Å². The van der Waals surface area contributed by atoms with Crippen molar-refractivity contribution in [1.82, 2.24) is 14.7 Å². The number of hydrogen-bond acceptors (Lipinski definition) is 3. The maximum Gasteiger partial charge on any atom is 0.433 e. The molecule has 0 atom stereocenters. The lowest BCUT2D eigenvalue weighted by molar-refractivity contribution is -0.143. The molecule has 1 aromatic carbocycles. The van der Waals surface area contributed by atoms with Crippen molar-refractivity contribution in [3.63, 3.8) is 0 Å². The summed E-state index contributed by atoms with van der Waals surface area (Å²) in [4.78, 5) is 4.39. The summed E-state index contributed by atoms with van der Waals surface area (Å²) in [5.74, 6) is 0.724. The highest BCUT2D eigenvalue weighted by molar-refractivity contribution is 7.15. The van der Waals surface area contributed by atoms with Crippen molar-refractivity contribution >= 4 is 11.3 Å². The summed E-state index contributed by atoms with van der Waals surface area (Å²) in [5, 5.41) is 4.05. The number of aryl methyl sites for hydroxylation is 1. The van der Waals surface area contributed by atoms with Gasteiger partial charge in [0, 0.05) is 18.5 Å². The Hall–Kier alpha value is -2.12. The molecule has 1 fully saturated rings. The van der Waals surface area contributed by atoms with Crippen LogP contribution in [-0.2, 0) is 26.2 Å². The van der Waals surface area contributed by atoms with Crippen LogP contribution in [0.3, 0.4) is 0 Å². The molecule has 0 spiro atoms. The molecule has 1 aliphatic heterocycles. The van der Waals surface area contributed by atoms with Crippen LogP contribution < -0.4 is 0 Å². The predicted octanol–water partition coefficient (Wildman–Crippen LogP) is 5.62. The van der Waals surface area contributed by atoms with Crippen LogP contribution in [0.2, 0.25) is 0 Å². The summed E-state index contributed by atoms with van der Waals surface area (Å²) < 4.78 is 39.9. The number of alkyl halides is 3. The van der Waals surface area contributed by atoms with E-state index in [2.05, 4.69) is 40.3 Å². The Bertz CT molecular complexity index is 938. The molecule has 0 saturated carbocycles. The van der Waals surface area contributed by atoms with E-state index in [-0.39, 0.29) is 0 Å². The summed E-state index contributed by atoms with van der Waals surface area (Å²) >= 11 is 1.53. The molecule has 0 bridgehead atoms. The Kier molecular flexibility index (Phi) is 5.79. The first-order chi connectivity index (χ1) is 13.9. The molecule has 1 saturated heterocycles. The fraction of sp³-hybridized carbons (Fsp3) is 0.409. The molecule has 154 valence electrons. The number of halogens is 3. The fourth-order valence-electron chi connectivity index (χ4n) is 3.97. The second-order valence-electron chi connectivity index (χ2n) is 7.71. The Morgan fingerprint density at radius 3 is 2.45 bits per heavy atom. The highest BCUT2D eigenvalue weighted by Crippen LogP contribution is 2.34. The Morgan fingerprint density at radius 2 is 1.79 bits per heavy atom. The van der Waals surface area contributed by atoms with Crippen LogP contribution >= 0.6 is 11.3 Å². The van der Waals surface area contributed by atoms with Crippen LogP contribution in [0, 0.1) is 5.92 Å². The maximum absolute atomic E-state index is 13.0. The monoisotopic (exact) mass is 419 g/mol. The minimum Gasteiger partial charge on any atom is -0.298 e. The topological polar surface area (TPSA) is 21.1 Å². The van der Waals surface area contributed by atoms with Gasteiger partial charge >= 0.3 is 6.18 Å². The highest BCUT2D eigenvalue weighted by atomic mass is 32.1. The first-order valence-electron chi connectivity index (χ1n) is 9.85. The van der Waals surface area contributed by atoms with Gasteiger partial charge in [-0.15, -0.1) is 11.3 Å². The molecule has 3 heterocycles. The molecule has 3 nitrogen and oxygen atoms in total. The smallest absolute Gasteiger partial charge is 0.298 e. The average molecular weight is 420 g/mol. The van der Waals surface area contributed by atoms with E-state index in [0.717, 1.165) is 47.6 Å². The molecule has 0 radical (unpaired) electrons. The van der Waals surface area contributed by atoms with Crippen molar-refractivity contribution in [2.24, 2.45) is 13.0 Å². The number of piperidine rings is 1. The number of hydrogen-bond donors (Lipinski definition) is 0. The zero-order valence-corrected chi connectivity index (χ0v) is 17.1. The van der Waals surface area contributed by atoms with Crippen LogP contribution in [0.4, 0.5) is 13.2 Å². The van der Waals surface area contributed by atoms with E-state index >= 15 is 0 Å². The number of nitrogens with zero attached hydrogens (tertiary/aromatic N) is 3. The molecule has 2 aromatic heterocycles. The predicted molar refractivity (Wildman–Crippen MR) is 110 cm³/mol. The van der Waals surface area contributed by atoms with Crippen LogP contribution in [0.5, 0.6) is 0 Å². The summed E-state index contributed by atoms with van der Waals surface area (Å²) in [6.45, 7) is 2.97. The van der Waals surface area contributed by atoms with E-state index in [9.17, 15) is 13.2 Å². The van der Waals surface area contributed by atoms with Gasteiger partial charge in [-0.1, -0.05) is 30.3 Å². The molecule has 0 amide bonds. The van der Waals surface area contributed by atoms with Gasteiger partial charge < -0.3 is 0 Å². The van der Waals surface area contributed by atoms with Gasteiger partial charge in [-0.25, -0.2) is 0 Å². The van der Waals surface area contributed by atoms with Crippen molar-refractivity contribution in [1.29, 1.82) is 0 Å². The lowest BCUT2D eigenvalue weighted by Crippen LogP contribution is -2.33. The molecule has 1 aliphatic rings. The standard InChI is InChI=1S/C22H24F3N3S/c1-27-21(22(23,24)25)14-19(26-27)20-8-7-18(29-20)15-28-11-9-17(10-12-28)13-16-5-3-2-4-6-16/h2-8,14,17H,9-13,15H2,1H3. The van der Waals surface area contributed by atoms with Crippen LogP contribution in [-0.4, -0.2) is 27.8 Å². The van der Waals surface area contributed by atoms with Gasteiger partial charge in [0.15, 0.2) is 0 Å². The fourth-order valence-corrected chi connectivity index (χ4v) is 4.98. The Balaban J connectivity index is 1.33. The Morgan fingerprint density at radius 1 is 1.07 bits per heavy atom. The largest absolute Gasteiger partial charge is 0.433 e. The van der Waals surface area contributed by atoms with E-state index in [1.807, 2.05) is 12.1 Å². The molecule has 0 N–H and O–H groups in total. The molecule has 0 unspecified atom stereocenters. The van der Waals surface area contributed by atoms with Gasteiger partial charge in [-0.3, -0.25) is 9.58 Å². The second-order valence-corrected chi connectivity index (χ2v) is 8.88. The van der Waals surface area contributed by atoms with Crippen LogP contribution in [0.15, 0.2) is 48.5 Å². The van der Waals surface area contributed by atoms with Crippen molar-refractivity contribution in [3.05, 3.63) is 64.7 Å². The van der Waals surface area contributed by atoms with Crippen molar-refractivity contribution in [2.75, 3.05) is 13.1 Å². The zero-order chi connectivity index (χ0) is 20.4. The molecular formula is C22H24F3N3S. The average Bonchev–Trinajstić information content (AvgIpc) is 3.30. The van der Waals surface area contributed by atoms with E-state index in [1.54, 1.807) is 0 Å². The van der Waals surface area contributed by atoms with Gasteiger partial charge in [0.25, 0.3) is 0 Å². The number of benzene rings is 1. The third kappa shape index (κ3) is 4.90. The molecule has 29 heavy (non-hydrogen) atoms. The normalized spacial score (nSPS) is 16.4. The SMILES string of the molecule is Cn1nc(-c2ccc(CN3CCC(Cc4ccccc4)CC3)s2)cc1C(F)(F)F. The summed E-state index contributed by atoms with van der Waals surface area (Å²) in [7, 11) is 1.33. The number of likely N-dealkylation sites (tertiary alicyclic amines) is 1. The summed E-state index contributed by atoms with van der Waals surface area (Å²) in [5.41, 5.74) is 1.07. The molecular weight excluding hydrogens is 395 g/mol. The number of aromatic nitrogens is 2. The van der Waals surface area contributed by atoms with Crippen LogP contribution in [0.1, 0.15) is 29.0 Å². The van der Waals surface area contributed by atoms with E-state index in [1.165, 1.54) is 41.7 Å². The molecule has 3 aromatic rings. The van der Waals surface area contributed by atoms with Gasteiger partial charge in [0.05, 0.1) is 4.88 Å². The maximum atomic E-state index is 13.0. The van der Waals surface area contributed by atoms with Gasteiger partial charge in [0.1, 0.15) is 11.4 Å². The summed E-state index contributed by atoms with van der Waals surface area (Å²) in [6, 6.07) is 15.7. The van der Waals surface area contributed by atoms with E-state index < -0.39 is 11.9 Å². The van der Waals surface area contributed by atoms with Gasteiger partial charge in [0.2, 0.25) is 0 Å². The lowest BCUT2D eigenvalue weighted by atomic mass is 9.90.